The number of carbonyl (C=O) groups is 1. The fourth-order valence-corrected chi connectivity index (χ4v) is 3.98. The van der Waals surface area contributed by atoms with Crippen molar-refractivity contribution in [2.45, 2.75) is 19.3 Å². The van der Waals surface area contributed by atoms with Crippen LogP contribution in [0.4, 0.5) is 11.5 Å². The molecule has 1 amide bonds. The van der Waals surface area contributed by atoms with Crippen LogP contribution in [-0.4, -0.2) is 15.9 Å². The smallest absolute Gasteiger partial charge is 0.256 e. The zero-order chi connectivity index (χ0) is 21.2. The zero-order valence-electron chi connectivity index (χ0n) is 17.0. The van der Waals surface area contributed by atoms with Gasteiger partial charge in [0.1, 0.15) is 0 Å². The van der Waals surface area contributed by atoms with Gasteiger partial charge in [-0.05, 0) is 48.2 Å². The molecular weight excluding hydrogens is 384 g/mol. The van der Waals surface area contributed by atoms with Gasteiger partial charge in [0, 0.05) is 23.2 Å². The topological polar surface area (TPSA) is 80.9 Å². The van der Waals surface area contributed by atoms with E-state index in [-0.39, 0.29) is 5.91 Å². The largest absolute Gasteiger partial charge is 0.399 e. The Hall–Kier alpha value is -3.99. The maximum atomic E-state index is 12.8. The van der Waals surface area contributed by atoms with Crippen molar-refractivity contribution >= 4 is 17.4 Å². The van der Waals surface area contributed by atoms with Gasteiger partial charge in [0.2, 0.25) is 0 Å². The molecule has 4 aromatic rings. The van der Waals surface area contributed by atoms with Crippen molar-refractivity contribution in [1.82, 2.24) is 9.97 Å². The molecule has 1 heterocycles. The number of fused-ring (bicyclic) bond motifs is 3. The molecule has 0 radical (unpaired) electrons. The summed E-state index contributed by atoms with van der Waals surface area (Å²) in [5, 5.41) is 3.00. The molecule has 0 unspecified atom stereocenters. The first-order valence-corrected chi connectivity index (χ1v) is 10.4. The second kappa shape index (κ2) is 8.03. The molecule has 0 fully saturated rings. The number of hydrogen-bond donors (Lipinski definition) is 2. The van der Waals surface area contributed by atoms with Crippen molar-refractivity contribution in [3.63, 3.8) is 0 Å². The molecule has 0 atom stereocenters. The highest BCUT2D eigenvalue weighted by atomic mass is 16.1. The summed E-state index contributed by atoms with van der Waals surface area (Å²) in [6, 6.07) is 25.2. The van der Waals surface area contributed by atoms with E-state index in [9.17, 15) is 4.79 Å². The number of aryl methyl sites for hydroxylation is 2. The molecule has 0 saturated heterocycles. The van der Waals surface area contributed by atoms with Crippen LogP contribution in [0.15, 0.2) is 78.9 Å². The van der Waals surface area contributed by atoms with Gasteiger partial charge in [-0.15, -0.1) is 0 Å². The van der Waals surface area contributed by atoms with E-state index in [1.807, 2.05) is 54.6 Å². The summed E-state index contributed by atoms with van der Waals surface area (Å²) in [4.78, 5) is 22.7. The lowest BCUT2D eigenvalue weighted by Crippen LogP contribution is -2.18. The Labute approximate surface area is 181 Å². The maximum Gasteiger partial charge on any atom is 0.256 e. The van der Waals surface area contributed by atoms with Crippen molar-refractivity contribution in [1.29, 1.82) is 0 Å². The monoisotopic (exact) mass is 406 g/mol. The van der Waals surface area contributed by atoms with Gasteiger partial charge in [-0.3, -0.25) is 4.79 Å². The molecule has 5 heteroatoms. The van der Waals surface area contributed by atoms with Gasteiger partial charge in [-0.2, -0.15) is 0 Å². The number of carbonyl (C=O) groups excluding carboxylic acids is 1. The van der Waals surface area contributed by atoms with Crippen LogP contribution in [0.25, 0.3) is 11.3 Å². The maximum absolute atomic E-state index is 12.8. The van der Waals surface area contributed by atoms with Crippen LogP contribution in [0, 0.1) is 0 Å². The molecule has 3 aromatic carbocycles. The van der Waals surface area contributed by atoms with E-state index < -0.39 is 0 Å². The Morgan fingerprint density at radius 2 is 1.65 bits per heavy atom. The third-order valence-electron chi connectivity index (χ3n) is 5.54. The van der Waals surface area contributed by atoms with Gasteiger partial charge >= 0.3 is 0 Å². The van der Waals surface area contributed by atoms with Crippen molar-refractivity contribution in [2.24, 2.45) is 0 Å². The average Bonchev–Trinajstić information content (AvgIpc) is 2.80. The van der Waals surface area contributed by atoms with Crippen molar-refractivity contribution in [3.8, 4) is 11.3 Å². The molecule has 5 nitrogen and oxygen atoms in total. The highest BCUT2D eigenvalue weighted by Crippen LogP contribution is 2.34. The van der Waals surface area contributed by atoms with E-state index in [0.717, 1.165) is 46.7 Å². The SMILES string of the molecule is Nc1ccc2c(c1)CCc1nc(NC(=O)c3ccccc3)c(Cc3ccccc3)nc1-2. The lowest BCUT2D eigenvalue weighted by molar-refractivity contribution is 0.102. The fraction of sp³-hybridized carbons (Fsp3) is 0.115. The number of amides is 1. The van der Waals surface area contributed by atoms with Crippen LogP contribution in [0.3, 0.4) is 0 Å². The summed E-state index contributed by atoms with van der Waals surface area (Å²) in [7, 11) is 0. The normalized spacial score (nSPS) is 12.0. The summed E-state index contributed by atoms with van der Waals surface area (Å²) >= 11 is 0. The predicted molar refractivity (Wildman–Crippen MR) is 123 cm³/mol. The summed E-state index contributed by atoms with van der Waals surface area (Å²) in [6.45, 7) is 0. The summed E-state index contributed by atoms with van der Waals surface area (Å²) < 4.78 is 0. The number of aromatic nitrogens is 2. The van der Waals surface area contributed by atoms with E-state index in [4.69, 9.17) is 15.7 Å². The fourth-order valence-electron chi connectivity index (χ4n) is 3.98. The van der Waals surface area contributed by atoms with Gasteiger partial charge in [-0.1, -0.05) is 54.6 Å². The first-order valence-electron chi connectivity index (χ1n) is 10.4. The lowest BCUT2D eigenvalue weighted by Gasteiger charge is -2.21. The van der Waals surface area contributed by atoms with Crippen molar-refractivity contribution in [3.05, 3.63) is 107 Å². The number of anilines is 2. The Morgan fingerprint density at radius 3 is 2.42 bits per heavy atom. The summed E-state index contributed by atoms with van der Waals surface area (Å²) in [6.07, 6.45) is 2.20. The molecular formula is C26H22N4O. The molecule has 0 bridgehead atoms. The molecule has 1 aromatic heterocycles. The minimum Gasteiger partial charge on any atom is -0.399 e. The molecule has 0 spiro atoms. The van der Waals surface area contributed by atoms with E-state index in [0.29, 0.717) is 17.8 Å². The second-order valence-corrected chi connectivity index (χ2v) is 7.71. The van der Waals surface area contributed by atoms with Gasteiger partial charge in [0.15, 0.2) is 5.82 Å². The van der Waals surface area contributed by atoms with Gasteiger partial charge in [0.05, 0.1) is 17.1 Å². The number of nitrogens with two attached hydrogens (primary N) is 1. The molecule has 1 aliphatic rings. The van der Waals surface area contributed by atoms with Crippen LogP contribution in [-0.2, 0) is 19.3 Å². The third-order valence-corrected chi connectivity index (χ3v) is 5.54. The first-order chi connectivity index (χ1) is 15.2. The first kappa shape index (κ1) is 19.0. The quantitative estimate of drug-likeness (QED) is 0.483. The van der Waals surface area contributed by atoms with Crippen LogP contribution in [0.5, 0.6) is 0 Å². The van der Waals surface area contributed by atoms with Gasteiger partial charge < -0.3 is 11.1 Å². The second-order valence-electron chi connectivity index (χ2n) is 7.71. The average molecular weight is 406 g/mol. The van der Waals surface area contributed by atoms with E-state index in [1.165, 1.54) is 5.56 Å². The standard InChI is InChI=1S/C26H22N4O/c27-20-12-13-21-19(16-20)11-14-22-24(21)28-23(15-17-7-3-1-4-8-17)25(29-22)30-26(31)18-9-5-2-6-10-18/h1-10,12-13,16H,11,14-15,27H2,(H,29,30,31). The minimum absolute atomic E-state index is 0.187. The third kappa shape index (κ3) is 3.90. The number of benzene rings is 3. The van der Waals surface area contributed by atoms with E-state index >= 15 is 0 Å². The minimum atomic E-state index is -0.187. The van der Waals surface area contributed by atoms with Gasteiger partial charge in [0.25, 0.3) is 5.91 Å². The Kier molecular flexibility index (Phi) is 4.92. The molecule has 1 aliphatic carbocycles. The Bertz CT molecular complexity index is 1250. The molecule has 0 saturated carbocycles. The molecule has 3 N–H and O–H groups in total. The Morgan fingerprint density at radius 1 is 0.903 bits per heavy atom. The van der Waals surface area contributed by atoms with Gasteiger partial charge in [-0.25, -0.2) is 9.97 Å². The lowest BCUT2D eigenvalue weighted by atomic mass is 9.91. The molecule has 152 valence electrons. The highest BCUT2D eigenvalue weighted by Gasteiger charge is 2.23. The number of nitrogens with one attached hydrogen (secondary N) is 1. The number of hydrogen-bond acceptors (Lipinski definition) is 4. The number of rotatable bonds is 4. The molecule has 31 heavy (non-hydrogen) atoms. The summed E-state index contributed by atoms with van der Waals surface area (Å²) in [5.41, 5.74) is 13.2. The highest BCUT2D eigenvalue weighted by molar-refractivity contribution is 6.04. The van der Waals surface area contributed by atoms with E-state index in [2.05, 4.69) is 17.4 Å². The summed E-state index contributed by atoms with van der Waals surface area (Å²) in [5.74, 6) is 0.337. The molecule has 0 aliphatic heterocycles. The van der Waals surface area contributed by atoms with Crippen molar-refractivity contribution in [2.75, 3.05) is 11.1 Å². The number of nitrogen functional groups attached to an aromatic ring is 1. The number of nitrogens with zero attached hydrogens (tertiary/aromatic N) is 2. The molecule has 5 rings (SSSR count). The van der Waals surface area contributed by atoms with Crippen molar-refractivity contribution < 1.29 is 4.79 Å². The Balaban J connectivity index is 1.58. The van der Waals surface area contributed by atoms with Crippen LogP contribution in [0.1, 0.15) is 32.9 Å². The zero-order valence-corrected chi connectivity index (χ0v) is 17.0. The van der Waals surface area contributed by atoms with Crippen LogP contribution < -0.4 is 11.1 Å². The van der Waals surface area contributed by atoms with Crippen LogP contribution >= 0.6 is 0 Å². The van der Waals surface area contributed by atoms with E-state index in [1.54, 1.807) is 12.1 Å². The van der Waals surface area contributed by atoms with Crippen LogP contribution in [0.2, 0.25) is 0 Å². The predicted octanol–water partition coefficient (Wildman–Crippen LogP) is 4.67.